The Hall–Kier alpha value is 0.220. The zero-order valence-electron chi connectivity index (χ0n) is 9.85. The Bertz CT molecular complexity index is 345. The van der Waals surface area contributed by atoms with Crippen molar-refractivity contribution in [1.82, 2.24) is 10.2 Å². The van der Waals surface area contributed by atoms with Gasteiger partial charge < -0.3 is 5.32 Å². The Morgan fingerprint density at radius 1 is 1.38 bits per heavy atom. The molecule has 0 aliphatic carbocycles. The predicted molar refractivity (Wildman–Crippen MR) is 68.8 cm³/mol. The van der Waals surface area contributed by atoms with Gasteiger partial charge in [0.15, 0.2) is 9.84 Å². The molecule has 2 rings (SSSR count). The summed E-state index contributed by atoms with van der Waals surface area (Å²) in [5.41, 5.74) is 0. The molecular weight excluding hydrogens is 244 g/mol. The molecule has 0 amide bonds. The average Bonchev–Trinajstić information content (AvgIpc) is 2.64. The number of sulfone groups is 1. The standard InChI is InChI=1S/C10H20N2O2S2/c1-8-7-16(13,14)4-3-12(8)9-5-11-6-10(9)15-2/h8-11H,3-7H2,1-2H3. The third-order valence-electron chi connectivity index (χ3n) is 3.58. The van der Waals surface area contributed by atoms with E-state index in [1.165, 1.54) is 0 Å². The Balaban J connectivity index is 2.05. The molecule has 0 radical (unpaired) electrons. The van der Waals surface area contributed by atoms with E-state index in [1.54, 1.807) is 0 Å². The van der Waals surface area contributed by atoms with E-state index in [-0.39, 0.29) is 6.04 Å². The van der Waals surface area contributed by atoms with Gasteiger partial charge >= 0.3 is 0 Å². The molecular formula is C10H20N2O2S2. The molecule has 0 bridgehead atoms. The number of hydrogen-bond donors (Lipinski definition) is 1. The molecule has 16 heavy (non-hydrogen) atoms. The molecule has 2 heterocycles. The lowest BCUT2D eigenvalue weighted by atomic mass is 10.1. The lowest BCUT2D eigenvalue weighted by Crippen LogP contribution is -2.54. The molecule has 3 atom stereocenters. The lowest BCUT2D eigenvalue weighted by Gasteiger charge is -2.39. The van der Waals surface area contributed by atoms with E-state index >= 15 is 0 Å². The molecule has 94 valence electrons. The maximum atomic E-state index is 11.5. The van der Waals surface area contributed by atoms with Crippen LogP contribution in [0.15, 0.2) is 0 Å². The molecule has 2 saturated heterocycles. The minimum absolute atomic E-state index is 0.165. The zero-order valence-corrected chi connectivity index (χ0v) is 11.5. The monoisotopic (exact) mass is 264 g/mol. The van der Waals surface area contributed by atoms with Crippen molar-refractivity contribution in [3.63, 3.8) is 0 Å². The maximum Gasteiger partial charge on any atom is 0.153 e. The smallest absolute Gasteiger partial charge is 0.153 e. The highest BCUT2D eigenvalue weighted by Crippen LogP contribution is 2.24. The molecule has 0 saturated carbocycles. The van der Waals surface area contributed by atoms with Crippen molar-refractivity contribution in [1.29, 1.82) is 0 Å². The van der Waals surface area contributed by atoms with E-state index in [9.17, 15) is 8.42 Å². The molecule has 2 fully saturated rings. The Kier molecular flexibility index (Phi) is 3.83. The SMILES string of the molecule is CSC1CNCC1N1CCS(=O)(=O)CC1C. The van der Waals surface area contributed by atoms with E-state index in [0.29, 0.717) is 29.3 Å². The van der Waals surface area contributed by atoms with Crippen LogP contribution >= 0.6 is 11.8 Å². The normalized spacial score (nSPS) is 40.0. The zero-order chi connectivity index (χ0) is 11.8. The molecule has 1 N–H and O–H groups in total. The van der Waals surface area contributed by atoms with E-state index in [1.807, 2.05) is 18.7 Å². The van der Waals surface area contributed by atoms with Crippen LogP contribution in [-0.4, -0.2) is 68.0 Å². The molecule has 0 aromatic carbocycles. The van der Waals surface area contributed by atoms with Crippen LogP contribution in [0.2, 0.25) is 0 Å². The topological polar surface area (TPSA) is 49.4 Å². The van der Waals surface area contributed by atoms with Crippen LogP contribution in [0.5, 0.6) is 0 Å². The van der Waals surface area contributed by atoms with Gasteiger partial charge in [-0.25, -0.2) is 8.42 Å². The summed E-state index contributed by atoms with van der Waals surface area (Å²) in [5, 5.41) is 4.00. The van der Waals surface area contributed by atoms with Crippen LogP contribution in [-0.2, 0) is 9.84 Å². The van der Waals surface area contributed by atoms with Gasteiger partial charge in [-0.3, -0.25) is 4.90 Å². The van der Waals surface area contributed by atoms with Gasteiger partial charge in [0.2, 0.25) is 0 Å². The summed E-state index contributed by atoms with van der Waals surface area (Å²) in [6, 6.07) is 0.666. The van der Waals surface area contributed by atoms with Gasteiger partial charge in [-0.1, -0.05) is 0 Å². The van der Waals surface area contributed by atoms with Crippen LogP contribution < -0.4 is 5.32 Å². The van der Waals surface area contributed by atoms with Gasteiger partial charge in [0.1, 0.15) is 0 Å². The van der Waals surface area contributed by atoms with Crippen molar-refractivity contribution in [3.05, 3.63) is 0 Å². The Morgan fingerprint density at radius 3 is 2.75 bits per heavy atom. The minimum Gasteiger partial charge on any atom is -0.314 e. The van der Waals surface area contributed by atoms with Crippen LogP contribution in [0.4, 0.5) is 0 Å². The summed E-state index contributed by atoms with van der Waals surface area (Å²) in [5.74, 6) is 0.652. The predicted octanol–water partition coefficient (Wildman–Crippen LogP) is -0.191. The number of rotatable bonds is 2. The fraction of sp³-hybridized carbons (Fsp3) is 1.00. The van der Waals surface area contributed by atoms with Crippen molar-refractivity contribution in [2.24, 2.45) is 0 Å². The van der Waals surface area contributed by atoms with Crippen molar-refractivity contribution in [2.45, 2.75) is 24.3 Å². The quantitative estimate of drug-likeness (QED) is 0.749. The van der Waals surface area contributed by atoms with Gasteiger partial charge in [-0.2, -0.15) is 11.8 Å². The molecule has 0 spiro atoms. The second-order valence-electron chi connectivity index (χ2n) is 4.70. The summed E-state index contributed by atoms with van der Waals surface area (Å²) in [6.45, 7) is 4.77. The van der Waals surface area contributed by atoms with Crippen molar-refractivity contribution < 1.29 is 8.42 Å². The highest BCUT2D eigenvalue weighted by atomic mass is 32.2. The molecule has 6 heteroatoms. The summed E-state index contributed by atoms with van der Waals surface area (Å²) >= 11 is 1.88. The number of hydrogen-bond acceptors (Lipinski definition) is 5. The second kappa shape index (κ2) is 4.84. The van der Waals surface area contributed by atoms with Crippen molar-refractivity contribution >= 4 is 21.6 Å². The van der Waals surface area contributed by atoms with E-state index < -0.39 is 9.84 Å². The van der Waals surface area contributed by atoms with E-state index in [4.69, 9.17) is 0 Å². The minimum atomic E-state index is -2.79. The van der Waals surface area contributed by atoms with Crippen LogP contribution in [0.1, 0.15) is 6.92 Å². The molecule has 0 aromatic rings. The van der Waals surface area contributed by atoms with Gasteiger partial charge in [0.05, 0.1) is 11.5 Å². The average molecular weight is 264 g/mol. The molecule has 2 aliphatic heterocycles. The Labute approximate surface area is 102 Å². The van der Waals surface area contributed by atoms with Crippen LogP contribution in [0.3, 0.4) is 0 Å². The van der Waals surface area contributed by atoms with Gasteiger partial charge in [0.25, 0.3) is 0 Å². The second-order valence-corrected chi connectivity index (χ2v) is 8.01. The molecule has 2 aliphatic rings. The third kappa shape index (κ3) is 2.55. The molecule has 3 unspecified atom stereocenters. The first kappa shape index (κ1) is 12.7. The Morgan fingerprint density at radius 2 is 2.12 bits per heavy atom. The largest absolute Gasteiger partial charge is 0.314 e. The molecule has 0 aromatic heterocycles. The first-order valence-corrected chi connectivity index (χ1v) is 8.84. The van der Waals surface area contributed by atoms with Crippen LogP contribution in [0.25, 0.3) is 0 Å². The van der Waals surface area contributed by atoms with Gasteiger partial charge in [-0.05, 0) is 13.2 Å². The molecule has 4 nitrogen and oxygen atoms in total. The number of nitrogens with zero attached hydrogens (tertiary/aromatic N) is 1. The summed E-state index contributed by atoms with van der Waals surface area (Å²) in [4.78, 5) is 2.38. The number of thioether (sulfide) groups is 1. The maximum absolute atomic E-state index is 11.5. The van der Waals surface area contributed by atoms with E-state index in [2.05, 4.69) is 16.5 Å². The lowest BCUT2D eigenvalue weighted by molar-refractivity contribution is 0.171. The highest BCUT2D eigenvalue weighted by Gasteiger charge is 2.38. The fourth-order valence-electron chi connectivity index (χ4n) is 2.72. The van der Waals surface area contributed by atoms with Crippen molar-refractivity contribution in [3.8, 4) is 0 Å². The van der Waals surface area contributed by atoms with E-state index in [0.717, 1.165) is 13.1 Å². The van der Waals surface area contributed by atoms with Crippen LogP contribution in [0, 0.1) is 0 Å². The third-order valence-corrected chi connectivity index (χ3v) is 6.46. The summed E-state index contributed by atoms with van der Waals surface area (Å²) in [6.07, 6.45) is 2.13. The summed E-state index contributed by atoms with van der Waals surface area (Å²) < 4.78 is 23.0. The van der Waals surface area contributed by atoms with Crippen molar-refractivity contribution in [2.75, 3.05) is 37.4 Å². The highest BCUT2D eigenvalue weighted by molar-refractivity contribution is 7.99. The number of nitrogens with one attached hydrogen (secondary N) is 1. The fourth-order valence-corrected chi connectivity index (χ4v) is 5.15. The van der Waals surface area contributed by atoms with Gasteiger partial charge in [0, 0.05) is 37.0 Å². The first-order valence-electron chi connectivity index (χ1n) is 5.73. The van der Waals surface area contributed by atoms with Gasteiger partial charge in [-0.15, -0.1) is 0 Å². The summed E-state index contributed by atoms with van der Waals surface area (Å²) in [7, 11) is -2.79. The first-order chi connectivity index (χ1) is 7.53.